The van der Waals surface area contributed by atoms with Gasteiger partial charge in [-0.05, 0) is 19.3 Å². The molecular weight excluding hydrogens is 236 g/mol. The Hall–Kier alpha value is -1.59. The van der Waals surface area contributed by atoms with Gasteiger partial charge in [0, 0.05) is 33.0 Å². The molecule has 0 aromatic carbocycles. The molecule has 0 aliphatic heterocycles. The van der Waals surface area contributed by atoms with Gasteiger partial charge in [-0.3, -0.25) is 14.4 Å². The summed E-state index contributed by atoms with van der Waals surface area (Å²) in [7, 11) is 3.33. The summed E-state index contributed by atoms with van der Waals surface area (Å²) in [6.45, 7) is 0.310. The van der Waals surface area contributed by atoms with E-state index in [0.717, 1.165) is 0 Å². The van der Waals surface area contributed by atoms with Crippen molar-refractivity contribution < 1.29 is 19.5 Å². The standard InChI is InChI=1S/C12H20N2O4/c1-14(2)10(15)5-6-13-11(16)8-3-4-9(7-8)12(17)18/h8-9H,3-7H2,1-2H3,(H,13,16)(H,17,18)/t8-,9+/m1/s1. The molecule has 0 saturated heterocycles. The van der Waals surface area contributed by atoms with Crippen LogP contribution in [-0.2, 0) is 14.4 Å². The number of carboxylic acids is 1. The van der Waals surface area contributed by atoms with Crippen LogP contribution in [0.1, 0.15) is 25.7 Å². The number of carbonyl (C=O) groups excluding carboxylic acids is 2. The first-order chi connectivity index (χ1) is 8.41. The summed E-state index contributed by atoms with van der Waals surface area (Å²) in [5, 5.41) is 11.5. The molecule has 2 atom stereocenters. The minimum atomic E-state index is -0.826. The number of amides is 2. The molecule has 1 rings (SSSR count). The van der Waals surface area contributed by atoms with Crippen molar-refractivity contribution in [2.75, 3.05) is 20.6 Å². The first-order valence-corrected chi connectivity index (χ1v) is 6.12. The molecule has 0 spiro atoms. The van der Waals surface area contributed by atoms with E-state index in [4.69, 9.17) is 5.11 Å². The van der Waals surface area contributed by atoms with Crippen molar-refractivity contribution in [3.8, 4) is 0 Å². The SMILES string of the molecule is CN(C)C(=O)CCNC(=O)[C@@H]1CC[C@H](C(=O)O)C1. The molecule has 2 amide bonds. The summed E-state index contributed by atoms with van der Waals surface area (Å²) in [5.74, 6) is -1.62. The van der Waals surface area contributed by atoms with E-state index in [0.29, 0.717) is 25.8 Å². The van der Waals surface area contributed by atoms with E-state index in [-0.39, 0.29) is 24.2 Å². The third kappa shape index (κ3) is 4.01. The molecule has 0 heterocycles. The first-order valence-electron chi connectivity index (χ1n) is 6.12. The van der Waals surface area contributed by atoms with E-state index in [1.807, 2.05) is 0 Å². The van der Waals surface area contributed by atoms with Crippen molar-refractivity contribution in [3.63, 3.8) is 0 Å². The van der Waals surface area contributed by atoms with Crippen LogP contribution in [0.25, 0.3) is 0 Å². The molecule has 1 aliphatic carbocycles. The van der Waals surface area contributed by atoms with Gasteiger partial charge in [0.1, 0.15) is 0 Å². The van der Waals surface area contributed by atoms with E-state index in [1.54, 1.807) is 14.1 Å². The first kappa shape index (κ1) is 14.5. The largest absolute Gasteiger partial charge is 0.481 e. The van der Waals surface area contributed by atoms with Crippen LogP contribution in [0.3, 0.4) is 0 Å². The van der Waals surface area contributed by atoms with E-state index in [9.17, 15) is 14.4 Å². The van der Waals surface area contributed by atoms with Gasteiger partial charge in [-0.15, -0.1) is 0 Å². The Morgan fingerprint density at radius 2 is 1.83 bits per heavy atom. The molecule has 1 fully saturated rings. The Bertz CT molecular complexity index is 341. The fourth-order valence-electron chi connectivity index (χ4n) is 2.10. The highest BCUT2D eigenvalue weighted by atomic mass is 16.4. The molecule has 0 aromatic heterocycles. The fraction of sp³-hybridized carbons (Fsp3) is 0.750. The lowest BCUT2D eigenvalue weighted by molar-refractivity contribution is -0.141. The highest BCUT2D eigenvalue weighted by molar-refractivity contribution is 5.81. The molecule has 6 nitrogen and oxygen atoms in total. The lowest BCUT2D eigenvalue weighted by Gasteiger charge is -2.12. The average Bonchev–Trinajstić information content (AvgIpc) is 2.77. The van der Waals surface area contributed by atoms with Gasteiger partial charge in [0.2, 0.25) is 11.8 Å². The zero-order valence-corrected chi connectivity index (χ0v) is 10.8. The number of nitrogens with one attached hydrogen (secondary N) is 1. The second-order valence-corrected chi connectivity index (χ2v) is 4.87. The molecule has 18 heavy (non-hydrogen) atoms. The zero-order valence-electron chi connectivity index (χ0n) is 10.8. The van der Waals surface area contributed by atoms with E-state index >= 15 is 0 Å². The van der Waals surface area contributed by atoms with Crippen molar-refractivity contribution in [1.29, 1.82) is 0 Å². The van der Waals surface area contributed by atoms with Gasteiger partial charge >= 0.3 is 5.97 Å². The monoisotopic (exact) mass is 256 g/mol. The second kappa shape index (κ2) is 6.37. The molecule has 0 bridgehead atoms. The summed E-state index contributed by atoms with van der Waals surface area (Å²) in [6, 6.07) is 0. The van der Waals surface area contributed by atoms with Crippen LogP contribution in [0.15, 0.2) is 0 Å². The highest BCUT2D eigenvalue weighted by Crippen LogP contribution is 2.30. The van der Waals surface area contributed by atoms with Gasteiger partial charge in [0.05, 0.1) is 5.92 Å². The number of rotatable bonds is 5. The third-order valence-electron chi connectivity index (χ3n) is 3.29. The lowest BCUT2D eigenvalue weighted by atomic mass is 10.0. The van der Waals surface area contributed by atoms with Crippen molar-refractivity contribution >= 4 is 17.8 Å². The maximum Gasteiger partial charge on any atom is 0.306 e. The van der Waals surface area contributed by atoms with Crippen molar-refractivity contribution in [2.45, 2.75) is 25.7 Å². The van der Waals surface area contributed by atoms with E-state index in [1.165, 1.54) is 4.90 Å². The molecule has 102 valence electrons. The van der Waals surface area contributed by atoms with Gasteiger partial charge in [-0.25, -0.2) is 0 Å². The smallest absolute Gasteiger partial charge is 0.306 e. The van der Waals surface area contributed by atoms with Gasteiger partial charge in [0.15, 0.2) is 0 Å². The van der Waals surface area contributed by atoms with Crippen LogP contribution in [-0.4, -0.2) is 48.4 Å². The van der Waals surface area contributed by atoms with Crippen LogP contribution < -0.4 is 5.32 Å². The van der Waals surface area contributed by atoms with Crippen LogP contribution in [0, 0.1) is 11.8 Å². The fourth-order valence-corrected chi connectivity index (χ4v) is 2.10. The summed E-state index contributed by atoms with van der Waals surface area (Å²) >= 11 is 0. The number of nitrogens with zero attached hydrogens (tertiary/aromatic N) is 1. The number of carboxylic acid groups (broad SMARTS) is 1. The molecule has 1 aliphatic rings. The maximum absolute atomic E-state index is 11.7. The zero-order chi connectivity index (χ0) is 13.7. The Labute approximate surface area is 106 Å². The predicted octanol–water partition coefficient (Wildman–Crippen LogP) is 0.0818. The Morgan fingerprint density at radius 3 is 2.33 bits per heavy atom. The molecular formula is C12H20N2O4. The minimum Gasteiger partial charge on any atom is -0.481 e. The topological polar surface area (TPSA) is 86.7 Å². The molecule has 0 unspecified atom stereocenters. The predicted molar refractivity (Wildman–Crippen MR) is 64.8 cm³/mol. The van der Waals surface area contributed by atoms with Crippen molar-refractivity contribution in [3.05, 3.63) is 0 Å². The Morgan fingerprint density at radius 1 is 1.22 bits per heavy atom. The molecule has 1 saturated carbocycles. The summed E-state index contributed by atoms with van der Waals surface area (Å²) in [4.78, 5) is 35.3. The van der Waals surface area contributed by atoms with Crippen LogP contribution in [0.4, 0.5) is 0 Å². The lowest BCUT2D eigenvalue weighted by Crippen LogP contribution is -2.33. The number of hydrogen-bond donors (Lipinski definition) is 2. The van der Waals surface area contributed by atoms with Crippen LogP contribution >= 0.6 is 0 Å². The Balaban J connectivity index is 2.26. The number of aliphatic carboxylic acids is 1. The molecule has 6 heteroatoms. The van der Waals surface area contributed by atoms with E-state index < -0.39 is 11.9 Å². The van der Waals surface area contributed by atoms with Gasteiger partial charge in [-0.1, -0.05) is 0 Å². The summed E-state index contributed by atoms with van der Waals surface area (Å²) in [6.07, 6.45) is 1.85. The maximum atomic E-state index is 11.7. The molecule has 0 aromatic rings. The Kier molecular flexibility index (Phi) is 5.12. The second-order valence-electron chi connectivity index (χ2n) is 4.87. The van der Waals surface area contributed by atoms with Gasteiger partial charge in [0.25, 0.3) is 0 Å². The average molecular weight is 256 g/mol. The third-order valence-corrected chi connectivity index (χ3v) is 3.29. The summed E-state index contributed by atoms with van der Waals surface area (Å²) in [5.41, 5.74) is 0. The van der Waals surface area contributed by atoms with Crippen molar-refractivity contribution in [2.24, 2.45) is 11.8 Å². The highest BCUT2D eigenvalue weighted by Gasteiger charge is 2.33. The van der Waals surface area contributed by atoms with Gasteiger partial charge < -0.3 is 15.3 Å². The number of carbonyl (C=O) groups is 3. The molecule has 2 N–H and O–H groups in total. The summed E-state index contributed by atoms with van der Waals surface area (Å²) < 4.78 is 0. The quantitative estimate of drug-likeness (QED) is 0.729. The minimum absolute atomic E-state index is 0.0369. The van der Waals surface area contributed by atoms with E-state index in [2.05, 4.69) is 5.32 Å². The number of hydrogen-bond acceptors (Lipinski definition) is 3. The molecule has 0 radical (unpaired) electrons. The van der Waals surface area contributed by atoms with Crippen LogP contribution in [0.5, 0.6) is 0 Å². The van der Waals surface area contributed by atoms with Crippen molar-refractivity contribution in [1.82, 2.24) is 10.2 Å². The normalized spacial score (nSPS) is 22.6. The van der Waals surface area contributed by atoms with Crippen LogP contribution in [0.2, 0.25) is 0 Å². The van der Waals surface area contributed by atoms with Gasteiger partial charge in [-0.2, -0.15) is 0 Å².